The van der Waals surface area contributed by atoms with Gasteiger partial charge in [-0.1, -0.05) is 12.1 Å². The van der Waals surface area contributed by atoms with Crippen molar-refractivity contribution >= 4 is 11.1 Å². The summed E-state index contributed by atoms with van der Waals surface area (Å²) in [6, 6.07) is 17.9. The van der Waals surface area contributed by atoms with Crippen molar-refractivity contribution in [3.63, 3.8) is 0 Å². The van der Waals surface area contributed by atoms with E-state index in [1.165, 1.54) is 12.1 Å². The molecule has 5 nitrogen and oxygen atoms in total. The average Bonchev–Trinajstić information content (AvgIpc) is 2.65. The predicted octanol–water partition coefficient (Wildman–Crippen LogP) is 4.66. The molecule has 2 aromatic carbocycles. The Morgan fingerprint density at radius 2 is 1.74 bits per heavy atom. The van der Waals surface area contributed by atoms with Gasteiger partial charge in [0.1, 0.15) is 29.3 Å². The highest BCUT2D eigenvalue weighted by Gasteiger charge is 2.10. The smallest absolute Gasteiger partial charge is 0.182 e. The van der Waals surface area contributed by atoms with Gasteiger partial charge in [-0.15, -0.1) is 0 Å². The molecule has 0 aromatic heterocycles. The van der Waals surface area contributed by atoms with E-state index in [2.05, 4.69) is 4.98 Å². The Kier molecular flexibility index (Phi) is 4.50. The monoisotopic (exact) mass is 361 g/mol. The summed E-state index contributed by atoms with van der Waals surface area (Å²) >= 11 is 0. The van der Waals surface area contributed by atoms with Crippen molar-refractivity contribution in [2.45, 2.75) is 26.6 Å². The standard InChI is InChI=1S/C22H19NO4/c1-14(2)26-17-6-3-15(4-7-17)13-25-18-8-10-20-22(12-18)27-21-11-16(24)5-9-19(21)23-20/h3-12,14H,13H2,1-2H3. The third kappa shape index (κ3) is 3.92. The molecule has 2 aromatic rings. The Balaban J connectivity index is 1.53. The van der Waals surface area contributed by atoms with Crippen molar-refractivity contribution in [2.75, 3.05) is 0 Å². The minimum atomic E-state index is -0.107. The number of hydrogen-bond acceptors (Lipinski definition) is 5. The van der Waals surface area contributed by atoms with Crippen molar-refractivity contribution in [1.29, 1.82) is 0 Å². The summed E-state index contributed by atoms with van der Waals surface area (Å²) in [7, 11) is 0. The zero-order chi connectivity index (χ0) is 18.8. The first kappa shape index (κ1) is 17.1. The first-order valence-electron chi connectivity index (χ1n) is 8.80. The fourth-order valence-corrected chi connectivity index (χ4v) is 2.78. The fraction of sp³-hybridized carbons (Fsp3) is 0.182. The van der Waals surface area contributed by atoms with Crippen molar-refractivity contribution in [3.8, 4) is 23.0 Å². The molecule has 1 aliphatic heterocycles. The topological polar surface area (TPSA) is 61.6 Å². The van der Waals surface area contributed by atoms with Gasteiger partial charge in [0.2, 0.25) is 0 Å². The molecule has 2 aliphatic rings. The van der Waals surface area contributed by atoms with E-state index in [4.69, 9.17) is 13.9 Å². The number of rotatable bonds is 5. The van der Waals surface area contributed by atoms with E-state index in [9.17, 15) is 4.79 Å². The number of benzene rings is 3. The van der Waals surface area contributed by atoms with Gasteiger partial charge in [0, 0.05) is 12.1 Å². The van der Waals surface area contributed by atoms with Crippen molar-refractivity contribution < 1.29 is 13.9 Å². The first-order chi connectivity index (χ1) is 13.1. The van der Waals surface area contributed by atoms with Gasteiger partial charge in [-0.2, -0.15) is 0 Å². The van der Waals surface area contributed by atoms with Crippen LogP contribution in [0.2, 0.25) is 0 Å². The Morgan fingerprint density at radius 3 is 2.52 bits per heavy atom. The van der Waals surface area contributed by atoms with E-state index in [-0.39, 0.29) is 11.5 Å². The molecule has 136 valence electrons. The van der Waals surface area contributed by atoms with E-state index in [0.717, 1.165) is 11.3 Å². The summed E-state index contributed by atoms with van der Waals surface area (Å²) in [5, 5.41) is 0. The predicted molar refractivity (Wildman–Crippen MR) is 103 cm³/mol. The molecular weight excluding hydrogens is 342 g/mol. The molecule has 4 rings (SSSR count). The summed E-state index contributed by atoms with van der Waals surface area (Å²) < 4.78 is 17.3. The molecule has 0 saturated heterocycles. The van der Waals surface area contributed by atoms with Gasteiger partial charge in [0.15, 0.2) is 16.8 Å². The lowest BCUT2D eigenvalue weighted by Gasteiger charge is -2.11. The molecule has 1 aliphatic carbocycles. The molecule has 0 fully saturated rings. The maximum Gasteiger partial charge on any atom is 0.182 e. The molecule has 0 saturated carbocycles. The number of fused-ring (bicyclic) bond motifs is 2. The zero-order valence-electron chi connectivity index (χ0n) is 15.1. The van der Waals surface area contributed by atoms with Gasteiger partial charge in [-0.25, -0.2) is 4.98 Å². The Morgan fingerprint density at radius 1 is 0.963 bits per heavy atom. The lowest BCUT2D eigenvalue weighted by Crippen LogP contribution is -2.05. The minimum absolute atomic E-state index is 0.107. The highest BCUT2D eigenvalue weighted by Crippen LogP contribution is 2.27. The highest BCUT2D eigenvalue weighted by molar-refractivity contribution is 5.77. The van der Waals surface area contributed by atoms with Gasteiger partial charge in [0.25, 0.3) is 0 Å². The second-order valence-corrected chi connectivity index (χ2v) is 6.57. The molecule has 1 heterocycles. The van der Waals surface area contributed by atoms with E-state index in [1.54, 1.807) is 12.1 Å². The summed E-state index contributed by atoms with van der Waals surface area (Å²) in [6.45, 7) is 4.43. The zero-order valence-corrected chi connectivity index (χ0v) is 15.1. The first-order valence-corrected chi connectivity index (χ1v) is 8.80. The average molecular weight is 361 g/mol. The van der Waals surface area contributed by atoms with Crippen molar-refractivity contribution in [2.24, 2.45) is 0 Å². The van der Waals surface area contributed by atoms with Crippen LogP contribution >= 0.6 is 0 Å². The largest absolute Gasteiger partial charge is 0.491 e. The van der Waals surface area contributed by atoms with Gasteiger partial charge in [-0.3, -0.25) is 4.79 Å². The van der Waals surface area contributed by atoms with Crippen molar-refractivity contribution in [1.82, 2.24) is 4.98 Å². The molecule has 0 N–H and O–H groups in total. The van der Waals surface area contributed by atoms with Crippen LogP contribution < -0.4 is 14.9 Å². The third-order valence-corrected chi connectivity index (χ3v) is 4.02. The van der Waals surface area contributed by atoms with Crippen molar-refractivity contribution in [3.05, 3.63) is 76.5 Å². The quantitative estimate of drug-likeness (QED) is 0.484. The Hall–Kier alpha value is -3.34. The van der Waals surface area contributed by atoms with Crippen LogP contribution in [0.15, 0.2) is 69.9 Å². The lowest BCUT2D eigenvalue weighted by molar-refractivity contribution is 0.242. The van der Waals surface area contributed by atoms with Gasteiger partial charge in [-0.05, 0) is 55.8 Å². The van der Waals surface area contributed by atoms with E-state index in [1.807, 2.05) is 50.2 Å². The Bertz CT molecular complexity index is 1100. The van der Waals surface area contributed by atoms with Crippen LogP contribution in [0.25, 0.3) is 22.6 Å². The summed E-state index contributed by atoms with van der Waals surface area (Å²) in [5.74, 6) is 1.98. The van der Waals surface area contributed by atoms with Crippen LogP contribution in [0.1, 0.15) is 19.4 Å². The maximum atomic E-state index is 11.5. The fourth-order valence-electron chi connectivity index (χ4n) is 2.78. The number of nitrogens with zero attached hydrogens (tertiary/aromatic N) is 1. The second kappa shape index (κ2) is 7.11. The number of hydrogen-bond donors (Lipinski definition) is 0. The third-order valence-electron chi connectivity index (χ3n) is 4.02. The molecule has 0 bridgehead atoms. The molecule has 0 spiro atoms. The molecule has 0 amide bonds. The minimum Gasteiger partial charge on any atom is -0.491 e. The van der Waals surface area contributed by atoms with Crippen LogP contribution in [0, 0.1) is 0 Å². The van der Waals surface area contributed by atoms with Crippen LogP contribution in [0.5, 0.6) is 11.5 Å². The summed E-state index contributed by atoms with van der Waals surface area (Å²) in [4.78, 5) is 16.0. The number of aromatic nitrogens is 1. The van der Waals surface area contributed by atoms with Gasteiger partial charge >= 0.3 is 0 Å². The van der Waals surface area contributed by atoms with E-state index in [0.29, 0.717) is 34.9 Å². The van der Waals surface area contributed by atoms with Gasteiger partial charge in [0.05, 0.1) is 6.10 Å². The van der Waals surface area contributed by atoms with Crippen LogP contribution in [-0.2, 0) is 6.61 Å². The molecule has 5 heteroatoms. The van der Waals surface area contributed by atoms with Gasteiger partial charge < -0.3 is 13.9 Å². The Labute approximate surface area is 156 Å². The highest BCUT2D eigenvalue weighted by atomic mass is 16.5. The SMILES string of the molecule is CC(C)Oc1ccc(COc2ccc3nc4ccc(=O)cc-4oc3c2)cc1. The normalized spacial score (nSPS) is 11.2. The summed E-state index contributed by atoms with van der Waals surface area (Å²) in [6.07, 6.45) is 0.149. The molecule has 27 heavy (non-hydrogen) atoms. The lowest BCUT2D eigenvalue weighted by atomic mass is 10.2. The second-order valence-electron chi connectivity index (χ2n) is 6.57. The molecule has 0 unspecified atom stereocenters. The van der Waals surface area contributed by atoms with Crippen LogP contribution in [0.3, 0.4) is 0 Å². The number of ether oxygens (including phenoxy) is 2. The molecular formula is C22H19NO4. The van der Waals surface area contributed by atoms with Crippen LogP contribution in [0.4, 0.5) is 0 Å². The maximum absolute atomic E-state index is 11.5. The summed E-state index contributed by atoms with van der Waals surface area (Å²) in [5.41, 5.74) is 2.87. The molecule has 0 radical (unpaired) electrons. The van der Waals surface area contributed by atoms with E-state index < -0.39 is 0 Å². The van der Waals surface area contributed by atoms with E-state index >= 15 is 0 Å². The molecule has 0 atom stereocenters. The van der Waals surface area contributed by atoms with Crippen LogP contribution in [-0.4, -0.2) is 11.1 Å².